The lowest BCUT2D eigenvalue weighted by atomic mass is 10.00. The lowest BCUT2D eigenvalue weighted by Gasteiger charge is -2.18. The van der Waals surface area contributed by atoms with Crippen molar-refractivity contribution >= 4 is 5.91 Å². The molecule has 1 N–H and O–H groups in total. The predicted molar refractivity (Wildman–Crippen MR) is 76.8 cm³/mol. The van der Waals surface area contributed by atoms with Gasteiger partial charge < -0.3 is 10.0 Å². The van der Waals surface area contributed by atoms with Crippen LogP contribution in [0.4, 0.5) is 0 Å². The number of likely N-dealkylation sites (tertiary alicyclic amines) is 1. The standard InChI is InChI=1S/C16H29NO2/c1-2-3-4-5-6-7-8-16(19)17-11-13-9-10-15(18)14(13)12-17/h13-15,18H,2-12H2,1H3. The number of rotatable bonds is 7. The summed E-state index contributed by atoms with van der Waals surface area (Å²) < 4.78 is 0. The molecule has 19 heavy (non-hydrogen) atoms. The van der Waals surface area contributed by atoms with Gasteiger partial charge in [0.15, 0.2) is 0 Å². The van der Waals surface area contributed by atoms with E-state index in [1.54, 1.807) is 0 Å². The molecule has 3 atom stereocenters. The second-order valence-electron chi connectivity index (χ2n) is 6.39. The Morgan fingerprint density at radius 3 is 2.58 bits per heavy atom. The van der Waals surface area contributed by atoms with Crippen LogP contribution in [-0.2, 0) is 4.79 Å². The summed E-state index contributed by atoms with van der Waals surface area (Å²) in [5.41, 5.74) is 0. The van der Waals surface area contributed by atoms with E-state index in [4.69, 9.17) is 0 Å². The van der Waals surface area contributed by atoms with Crippen molar-refractivity contribution in [2.45, 2.75) is 70.8 Å². The number of carbonyl (C=O) groups excluding carboxylic acids is 1. The van der Waals surface area contributed by atoms with Crippen molar-refractivity contribution in [3.8, 4) is 0 Å². The van der Waals surface area contributed by atoms with Gasteiger partial charge in [-0.1, -0.05) is 39.0 Å². The summed E-state index contributed by atoms with van der Waals surface area (Å²) in [4.78, 5) is 14.1. The van der Waals surface area contributed by atoms with E-state index in [0.717, 1.165) is 32.4 Å². The lowest BCUT2D eigenvalue weighted by molar-refractivity contribution is -0.130. The van der Waals surface area contributed by atoms with E-state index < -0.39 is 0 Å². The fourth-order valence-electron chi connectivity index (χ4n) is 3.65. The number of hydrogen-bond acceptors (Lipinski definition) is 2. The first-order valence-electron chi connectivity index (χ1n) is 8.18. The summed E-state index contributed by atoms with van der Waals surface area (Å²) in [6.07, 6.45) is 10.0. The molecule has 0 aromatic heterocycles. The minimum atomic E-state index is -0.156. The topological polar surface area (TPSA) is 40.5 Å². The summed E-state index contributed by atoms with van der Waals surface area (Å²) in [5.74, 6) is 1.26. The zero-order valence-corrected chi connectivity index (χ0v) is 12.3. The normalized spacial score (nSPS) is 29.8. The van der Waals surface area contributed by atoms with Gasteiger partial charge in [0.1, 0.15) is 0 Å². The molecule has 1 aliphatic carbocycles. The van der Waals surface area contributed by atoms with Gasteiger partial charge in [-0.2, -0.15) is 0 Å². The van der Waals surface area contributed by atoms with Crippen molar-refractivity contribution in [3.63, 3.8) is 0 Å². The molecule has 3 nitrogen and oxygen atoms in total. The van der Waals surface area contributed by atoms with E-state index in [9.17, 15) is 9.90 Å². The van der Waals surface area contributed by atoms with Gasteiger partial charge in [-0.05, 0) is 25.2 Å². The molecule has 1 saturated heterocycles. The average Bonchev–Trinajstić information content (AvgIpc) is 2.96. The maximum Gasteiger partial charge on any atom is 0.222 e. The number of aliphatic hydroxyl groups is 1. The highest BCUT2D eigenvalue weighted by Crippen LogP contribution is 2.38. The number of nitrogens with zero attached hydrogens (tertiary/aromatic N) is 1. The number of unbranched alkanes of at least 4 members (excludes halogenated alkanes) is 5. The van der Waals surface area contributed by atoms with Crippen molar-refractivity contribution in [1.29, 1.82) is 0 Å². The summed E-state index contributed by atoms with van der Waals surface area (Å²) in [6.45, 7) is 3.93. The molecule has 1 heterocycles. The molecule has 1 aliphatic heterocycles. The summed E-state index contributed by atoms with van der Waals surface area (Å²) in [5, 5.41) is 9.86. The Morgan fingerprint density at radius 1 is 1.11 bits per heavy atom. The Hall–Kier alpha value is -0.570. The third-order valence-corrected chi connectivity index (χ3v) is 4.92. The maximum absolute atomic E-state index is 12.1. The molecular formula is C16H29NO2. The van der Waals surface area contributed by atoms with E-state index in [2.05, 4.69) is 6.92 Å². The zero-order valence-electron chi connectivity index (χ0n) is 12.3. The summed E-state index contributed by atoms with van der Waals surface area (Å²) in [6, 6.07) is 0. The molecule has 3 heteroatoms. The van der Waals surface area contributed by atoms with Crippen molar-refractivity contribution in [2.75, 3.05) is 13.1 Å². The Balaban J connectivity index is 1.60. The number of fused-ring (bicyclic) bond motifs is 1. The molecule has 0 bridgehead atoms. The maximum atomic E-state index is 12.1. The van der Waals surface area contributed by atoms with Crippen LogP contribution in [0, 0.1) is 11.8 Å². The fourth-order valence-corrected chi connectivity index (χ4v) is 3.65. The monoisotopic (exact) mass is 267 g/mol. The third-order valence-electron chi connectivity index (χ3n) is 4.92. The first kappa shape index (κ1) is 14.8. The molecule has 0 spiro atoms. The third kappa shape index (κ3) is 3.95. The van der Waals surface area contributed by atoms with Gasteiger partial charge >= 0.3 is 0 Å². The summed E-state index contributed by atoms with van der Waals surface area (Å²) in [7, 11) is 0. The van der Waals surface area contributed by atoms with Crippen LogP contribution in [-0.4, -0.2) is 35.1 Å². The van der Waals surface area contributed by atoms with Gasteiger partial charge in [0.25, 0.3) is 0 Å². The van der Waals surface area contributed by atoms with Gasteiger partial charge in [0, 0.05) is 25.4 Å². The smallest absolute Gasteiger partial charge is 0.222 e. The van der Waals surface area contributed by atoms with Gasteiger partial charge in [0.2, 0.25) is 5.91 Å². The largest absolute Gasteiger partial charge is 0.393 e. The van der Waals surface area contributed by atoms with E-state index in [1.807, 2.05) is 4.90 Å². The first-order valence-corrected chi connectivity index (χ1v) is 8.18. The summed E-state index contributed by atoms with van der Waals surface area (Å²) >= 11 is 0. The van der Waals surface area contributed by atoms with Gasteiger partial charge in [-0.25, -0.2) is 0 Å². The highest BCUT2D eigenvalue weighted by Gasteiger charge is 2.42. The molecule has 110 valence electrons. The minimum Gasteiger partial charge on any atom is -0.393 e. The van der Waals surface area contributed by atoms with E-state index in [1.165, 1.54) is 32.1 Å². The molecule has 0 aromatic rings. The van der Waals surface area contributed by atoms with Crippen LogP contribution in [0.1, 0.15) is 64.7 Å². The van der Waals surface area contributed by atoms with Crippen molar-refractivity contribution in [1.82, 2.24) is 4.90 Å². The second-order valence-corrected chi connectivity index (χ2v) is 6.39. The van der Waals surface area contributed by atoms with Crippen LogP contribution < -0.4 is 0 Å². The fraction of sp³-hybridized carbons (Fsp3) is 0.938. The Morgan fingerprint density at radius 2 is 1.84 bits per heavy atom. The second kappa shape index (κ2) is 7.28. The van der Waals surface area contributed by atoms with E-state index in [0.29, 0.717) is 24.2 Å². The molecule has 2 fully saturated rings. The molecule has 0 radical (unpaired) electrons. The number of carbonyl (C=O) groups is 1. The number of aliphatic hydroxyl groups excluding tert-OH is 1. The Kier molecular flexibility index (Phi) is 5.68. The van der Waals surface area contributed by atoms with Crippen molar-refractivity contribution in [2.24, 2.45) is 11.8 Å². The van der Waals surface area contributed by atoms with Crippen LogP contribution >= 0.6 is 0 Å². The van der Waals surface area contributed by atoms with Crippen LogP contribution in [0.15, 0.2) is 0 Å². The highest BCUT2D eigenvalue weighted by atomic mass is 16.3. The Labute approximate surface area is 117 Å². The lowest BCUT2D eigenvalue weighted by Crippen LogP contribution is -2.30. The minimum absolute atomic E-state index is 0.156. The SMILES string of the molecule is CCCCCCCCC(=O)N1CC2CCC(O)C2C1. The van der Waals surface area contributed by atoms with E-state index in [-0.39, 0.29) is 6.10 Å². The first-order chi connectivity index (χ1) is 9.22. The van der Waals surface area contributed by atoms with Gasteiger partial charge in [-0.3, -0.25) is 4.79 Å². The quantitative estimate of drug-likeness (QED) is 0.720. The van der Waals surface area contributed by atoms with E-state index >= 15 is 0 Å². The number of hydrogen-bond donors (Lipinski definition) is 1. The molecule has 1 amide bonds. The van der Waals surface area contributed by atoms with Crippen LogP contribution in [0.2, 0.25) is 0 Å². The van der Waals surface area contributed by atoms with Gasteiger partial charge in [0.05, 0.1) is 6.10 Å². The molecule has 3 unspecified atom stereocenters. The zero-order chi connectivity index (χ0) is 13.7. The molecule has 0 aromatic carbocycles. The number of amides is 1. The van der Waals surface area contributed by atoms with Crippen LogP contribution in [0.25, 0.3) is 0 Å². The van der Waals surface area contributed by atoms with Crippen molar-refractivity contribution in [3.05, 3.63) is 0 Å². The van der Waals surface area contributed by atoms with Crippen molar-refractivity contribution < 1.29 is 9.90 Å². The molecule has 2 aliphatic rings. The van der Waals surface area contributed by atoms with Gasteiger partial charge in [-0.15, -0.1) is 0 Å². The Bertz CT molecular complexity index is 292. The van der Waals surface area contributed by atoms with Crippen LogP contribution in [0.5, 0.6) is 0 Å². The molecule has 1 saturated carbocycles. The molecule has 2 rings (SSSR count). The predicted octanol–water partition coefficient (Wildman–Crippen LogP) is 2.97. The average molecular weight is 267 g/mol. The van der Waals surface area contributed by atoms with Crippen LogP contribution in [0.3, 0.4) is 0 Å². The molecular weight excluding hydrogens is 238 g/mol. The highest BCUT2D eigenvalue weighted by molar-refractivity contribution is 5.76.